The van der Waals surface area contributed by atoms with Crippen LogP contribution in [0.25, 0.3) is 0 Å². The van der Waals surface area contributed by atoms with E-state index in [1.54, 1.807) is 0 Å². The Morgan fingerprint density at radius 2 is 1.50 bits per heavy atom. The van der Waals surface area contributed by atoms with Crippen LogP contribution in [0.1, 0.15) is 58.4 Å². The third-order valence-corrected chi connectivity index (χ3v) is 3.57. The second-order valence-corrected chi connectivity index (χ2v) is 5.54. The highest BCUT2D eigenvalue weighted by Gasteiger charge is 2.03. The molecule has 0 saturated carbocycles. The molecule has 0 aromatic heterocycles. The average Bonchev–Trinajstić information content (AvgIpc) is 2.47. The minimum absolute atomic E-state index is 0.992. The molecule has 0 saturated heterocycles. The lowest BCUT2D eigenvalue weighted by atomic mass is 10.1. The number of rotatable bonds is 11. The molecule has 0 atom stereocenters. The number of benzene rings is 1. The lowest BCUT2D eigenvalue weighted by Crippen LogP contribution is -2.24. The molecule has 0 spiro atoms. The van der Waals surface area contributed by atoms with Gasteiger partial charge in [-0.25, -0.2) is 0 Å². The van der Waals surface area contributed by atoms with Crippen LogP contribution in [0.3, 0.4) is 0 Å². The first-order valence-electron chi connectivity index (χ1n) is 8.36. The van der Waals surface area contributed by atoms with Crippen LogP contribution in [0.5, 0.6) is 0 Å². The smallest absolute Gasteiger partial charge is 0.0366 e. The first-order chi connectivity index (χ1) is 9.81. The Bertz CT molecular complexity index is 326. The molecule has 0 heterocycles. The van der Waals surface area contributed by atoms with Gasteiger partial charge >= 0.3 is 0 Å². The summed E-state index contributed by atoms with van der Waals surface area (Å²) in [6.45, 7) is 11.2. The highest BCUT2D eigenvalue weighted by Crippen LogP contribution is 2.16. The molecule has 1 rings (SSSR count). The van der Waals surface area contributed by atoms with E-state index in [1.165, 1.54) is 43.4 Å². The quantitative estimate of drug-likeness (QED) is 0.595. The van der Waals surface area contributed by atoms with Crippen molar-refractivity contribution in [2.75, 3.05) is 24.5 Å². The van der Waals surface area contributed by atoms with Gasteiger partial charge in [0.2, 0.25) is 0 Å². The summed E-state index contributed by atoms with van der Waals surface area (Å²) in [6.07, 6.45) is 6.33. The predicted molar refractivity (Wildman–Crippen MR) is 90.5 cm³/mol. The zero-order chi connectivity index (χ0) is 14.6. The van der Waals surface area contributed by atoms with Crippen molar-refractivity contribution in [3.05, 3.63) is 29.8 Å². The van der Waals surface area contributed by atoms with Crippen molar-refractivity contribution in [3.8, 4) is 0 Å². The van der Waals surface area contributed by atoms with Crippen LogP contribution in [0.4, 0.5) is 5.69 Å². The topological polar surface area (TPSA) is 15.3 Å². The van der Waals surface area contributed by atoms with Crippen molar-refractivity contribution in [3.63, 3.8) is 0 Å². The number of unbranched alkanes of at least 4 members (excludes halogenated alkanes) is 2. The Balaban J connectivity index is 2.41. The molecule has 0 amide bonds. The van der Waals surface area contributed by atoms with Crippen LogP contribution in [0.2, 0.25) is 0 Å². The van der Waals surface area contributed by atoms with Crippen molar-refractivity contribution in [1.82, 2.24) is 5.32 Å². The van der Waals surface area contributed by atoms with E-state index in [0.29, 0.717) is 0 Å². The van der Waals surface area contributed by atoms with Crippen LogP contribution in [-0.2, 0) is 6.54 Å². The molecular weight excluding hydrogens is 244 g/mol. The largest absolute Gasteiger partial charge is 0.372 e. The van der Waals surface area contributed by atoms with E-state index in [9.17, 15) is 0 Å². The number of nitrogens with zero attached hydrogens (tertiary/aromatic N) is 1. The number of anilines is 1. The van der Waals surface area contributed by atoms with Gasteiger partial charge in [0.15, 0.2) is 0 Å². The van der Waals surface area contributed by atoms with Crippen molar-refractivity contribution >= 4 is 5.69 Å². The third kappa shape index (κ3) is 6.42. The summed E-state index contributed by atoms with van der Waals surface area (Å²) < 4.78 is 0. The van der Waals surface area contributed by atoms with Crippen molar-refractivity contribution in [1.29, 1.82) is 0 Å². The first kappa shape index (κ1) is 17.0. The summed E-state index contributed by atoms with van der Waals surface area (Å²) in [5, 5.41) is 3.52. The molecule has 1 aromatic carbocycles. The van der Waals surface area contributed by atoms with Gasteiger partial charge in [0.25, 0.3) is 0 Å². The fraction of sp³-hybridized carbons (Fsp3) is 0.667. The van der Waals surface area contributed by atoms with E-state index in [0.717, 1.165) is 26.2 Å². The van der Waals surface area contributed by atoms with E-state index < -0.39 is 0 Å². The van der Waals surface area contributed by atoms with E-state index in [4.69, 9.17) is 0 Å². The minimum Gasteiger partial charge on any atom is -0.372 e. The molecule has 1 aromatic rings. The van der Waals surface area contributed by atoms with E-state index in [-0.39, 0.29) is 0 Å². The predicted octanol–water partition coefficient (Wildman–Crippen LogP) is 4.59. The van der Waals surface area contributed by atoms with Crippen molar-refractivity contribution < 1.29 is 0 Å². The third-order valence-electron chi connectivity index (χ3n) is 3.57. The summed E-state index contributed by atoms with van der Waals surface area (Å²) in [5.74, 6) is 0. The van der Waals surface area contributed by atoms with Crippen LogP contribution >= 0.6 is 0 Å². The number of hydrogen-bond donors (Lipinski definition) is 1. The van der Waals surface area contributed by atoms with Gasteiger partial charge in [0, 0.05) is 25.3 Å². The van der Waals surface area contributed by atoms with Gasteiger partial charge in [0.05, 0.1) is 0 Å². The summed E-state index contributed by atoms with van der Waals surface area (Å²) in [6, 6.07) is 9.07. The van der Waals surface area contributed by atoms with Crippen LogP contribution < -0.4 is 10.2 Å². The molecule has 2 heteroatoms. The lowest BCUT2D eigenvalue weighted by molar-refractivity contribution is 0.617. The van der Waals surface area contributed by atoms with E-state index in [2.05, 4.69) is 55.3 Å². The second kappa shape index (κ2) is 10.7. The summed E-state index contributed by atoms with van der Waals surface area (Å²) in [5.41, 5.74) is 2.75. The van der Waals surface area contributed by atoms with Crippen LogP contribution in [0.15, 0.2) is 24.3 Å². The maximum Gasteiger partial charge on any atom is 0.0366 e. The fourth-order valence-electron chi connectivity index (χ4n) is 2.47. The summed E-state index contributed by atoms with van der Waals surface area (Å²) in [7, 11) is 0. The molecule has 0 fully saturated rings. The van der Waals surface area contributed by atoms with E-state index in [1.807, 2.05) is 0 Å². The Morgan fingerprint density at radius 1 is 0.850 bits per heavy atom. The highest BCUT2D eigenvalue weighted by molar-refractivity contribution is 5.47. The molecule has 2 nitrogen and oxygen atoms in total. The van der Waals surface area contributed by atoms with Gasteiger partial charge in [-0.05, 0) is 43.5 Å². The van der Waals surface area contributed by atoms with Gasteiger partial charge < -0.3 is 10.2 Å². The zero-order valence-corrected chi connectivity index (χ0v) is 13.6. The van der Waals surface area contributed by atoms with Crippen molar-refractivity contribution in [2.45, 2.75) is 59.4 Å². The number of hydrogen-bond acceptors (Lipinski definition) is 2. The molecule has 0 aliphatic heterocycles. The highest BCUT2D eigenvalue weighted by atomic mass is 15.1. The molecule has 0 aliphatic rings. The Morgan fingerprint density at radius 3 is 2.05 bits per heavy atom. The molecule has 20 heavy (non-hydrogen) atoms. The van der Waals surface area contributed by atoms with E-state index >= 15 is 0 Å². The standard InChI is InChI=1S/C18H32N2/c1-4-7-8-13-19-16-17-9-11-18(12-10-17)20(14-5-2)15-6-3/h9-12,19H,4-8,13-16H2,1-3H3. The first-order valence-corrected chi connectivity index (χ1v) is 8.36. The van der Waals surface area contributed by atoms with Gasteiger partial charge in [-0.15, -0.1) is 0 Å². The molecule has 0 bridgehead atoms. The monoisotopic (exact) mass is 276 g/mol. The average molecular weight is 276 g/mol. The maximum atomic E-state index is 3.52. The normalized spacial score (nSPS) is 10.8. The maximum absolute atomic E-state index is 3.52. The molecule has 0 radical (unpaired) electrons. The molecule has 1 N–H and O–H groups in total. The Hall–Kier alpha value is -1.02. The molecule has 114 valence electrons. The summed E-state index contributed by atoms with van der Waals surface area (Å²) in [4.78, 5) is 2.48. The zero-order valence-electron chi connectivity index (χ0n) is 13.6. The Kier molecular flexibility index (Phi) is 9.14. The SMILES string of the molecule is CCCCCNCc1ccc(N(CCC)CCC)cc1. The van der Waals surface area contributed by atoms with Crippen LogP contribution in [-0.4, -0.2) is 19.6 Å². The van der Waals surface area contributed by atoms with Gasteiger partial charge in [-0.2, -0.15) is 0 Å². The van der Waals surface area contributed by atoms with Gasteiger partial charge in [-0.1, -0.05) is 45.7 Å². The minimum atomic E-state index is 0.992. The molecule has 0 aliphatic carbocycles. The summed E-state index contributed by atoms with van der Waals surface area (Å²) >= 11 is 0. The second-order valence-electron chi connectivity index (χ2n) is 5.54. The molecule has 0 unspecified atom stereocenters. The van der Waals surface area contributed by atoms with Gasteiger partial charge in [0.1, 0.15) is 0 Å². The van der Waals surface area contributed by atoms with Crippen LogP contribution in [0, 0.1) is 0 Å². The number of nitrogens with one attached hydrogen (secondary N) is 1. The Labute approximate surface area is 125 Å². The van der Waals surface area contributed by atoms with Crippen molar-refractivity contribution in [2.24, 2.45) is 0 Å². The molecular formula is C18H32N2. The van der Waals surface area contributed by atoms with Gasteiger partial charge in [-0.3, -0.25) is 0 Å². The fourth-order valence-corrected chi connectivity index (χ4v) is 2.47. The lowest BCUT2D eigenvalue weighted by Gasteiger charge is -2.24.